The van der Waals surface area contributed by atoms with Gasteiger partial charge < -0.3 is 14.5 Å². The zero-order valence-corrected chi connectivity index (χ0v) is 40.3. The molecular formula is C69H47N5. The number of benzene rings is 11. The van der Waals surface area contributed by atoms with Crippen LogP contribution in [0.3, 0.4) is 0 Å². The molecule has 348 valence electrons. The molecule has 0 radical (unpaired) electrons. The molecule has 1 N–H and O–H groups in total. The average molecular weight is 946 g/mol. The van der Waals surface area contributed by atoms with Crippen LogP contribution in [0.15, 0.2) is 283 Å². The van der Waals surface area contributed by atoms with Crippen molar-refractivity contribution in [3.05, 3.63) is 290 Å². The van der Waals surface area contributed by atoms with Gasteiger partial charge in [-0.1, -0.05) is 200 Å². The van der Waals surface area contributed by atoms with Gasteiger partial charge in [-0.2, -0.15) is 0 Å². The maximum Gasteiger partial charge on any atom is 0.159 e. The molecule has 0 saturated carbocycles. The minimum absolute atomic E-state index is 0.313. The average Bonchev–Trinajstić information content (AvgIpc) is 4.00. The highest BCUT2D eigenvalue weighted by atomic mass is 15.2. The SMILES string of the molecule is c1ccc(C2=NC(c3cccc(-c4cccc(-c5cccc(-n6c7ccccc7c7cc(-c8ccc9c(c8)c8ccccc8n9-c8cccc(-c9ccccc9)c8)ccc76)c5)c4)c3)NC(c3ccccc3)=N2)cc1. The second-order valence-corrected chi connectivity index (χ2v) is 19.0. The normalized spacial score (nSPS) is 13.5. The largest absolute Gasteiger partial charge is 0.344 e. The molecule has 1 unspecified atom stereocenters. The fraction of sp³-hybridized carbons (Fsp3) is 0.0145. The zero-order valence-electron chi connectivity index (χ0n) is 40.3. The van der Waals surface area contributed by atoms with Crippen LogP contribution in [-0.2, 0) is 0 Å². The van der Waals surface area contributed by atoms with Gasteiger partial charge in [0.15, 0.2) is 5.84 Å². The number of nitrogens with one attached hydrogen (secondary N) is 1. The lowest BCUT2D eigenvalue weighted by Gasteiger charge is -2.24. The fourth-order valence-electron chi connectivity index (χ4n) is 11.0. The van der Waals surface area contributed by atoms with Gasteiger partial charge in [0.2, 0.25) is 0 Å². The number of aliphatic imine (C=N–C) groups is 2. The van der Waals surface area contributed by atoms with Crippen LogP contribution in [0.5, 0.6) is 0 Å². The number of hydrogen-bond acceptors (Lipinski definition) is 3. The highest BCUT2D eigenvalue weighted by Crippen LogP contribution is 2.40. The molecule has 11 aromatic carbocycles. The van der Waals surface area contributed by atoms with Crippen LogP contribution >= 0.6 is 0 Å². The molecule has 0 saturated heterocycles. The van der Waals surface area contributed by atoms with Crippen LogP contribution in [0.1, 0.15) is 22.9 Å². The maximum absolute atomic E-state index is 5.15. The number of fused-ring (bicyclic) bond motifs is 6. The number of hydrogen-bond donors (Lipinski definition) is 1. The van der Waals surface area contributed by atoms with Crippen LogP contribution in [0.25, 0.3) is 99.5 Å². The van der Waals surface area contributed by atoms with Gasteiger partial charge in [-0.25, -0.2) is 9.98 Å². The molecule has 2 aromatic heterocycles. The first kappa shape index (κ1) is 43.0. The Morgan fingerprint density at radius 1 is 0.284 bits per heavy atom. The Hall–Kier alpha value is -9.84. The molecule has 0 fully saturated rings. The molecule has 5 heteroatoms. The predicted octanol–water partition coefficient (Wildman–Crippen LogP) is 17.0. The Balaban J connectivity index is 0.799. The summed E-state index contributed by atoms with van der Waals surface area (Å²) in [6, 6.07) is 98.0. The number of rotatable bonds is 9. The number of para-hydroxylation sites is 2. The van der Waals surface area contributed by atoms with Crippen LogP contribution in [0.2, 0.25) is 0 Å². The Kier molecular flexibility index (Phi) is 10.5. The van der Waals surface area contributed by atoms with Gasteiger partial charge in [0.1, 0.15) is 12.0 Å². The van der Waals surface area contributed by atoms with Gasteiger partial charge in [0, 0.05) is 44.0 Å². The van der Waals surface area contributed by atoms with E-state index in [2.05, 4.69) is 251 Å². The predicted molar refractivity (Wildman–Crippen MR) is 309 cm³/mol. The molecule has 74 heavy (non-hydrogen) atoms. The van der Waals surface area contributed by atoms with Crippen molar-refractivity contribution in [2.24, 2.45) is 9.98 Å². The van der Waals surface area contributed by atoms with Crippen LogP contribution < -0.4 is 5.32 Å². The number of nitrogens with zero attached hydrogens (tertiary/aromatic N) is 4. The van der Waals surface area contributed by atoms with Crippen molar-refractivity contribution in [2.45, 2.75) is 6.17 Å². The molecule has 5 nitrogen and oxygen atoms in total. The molecule has 13 aromatic rings. The van der Waals surface area contributed by atoms with Crippen molar-refractivity contribution in [2.75, 3.05) is 0 Å². The molecule has 1 aliphatic heterocycles. The van der Waals surface area contributed by atoms with Crippen molar-refractivity contribution < 1.29 is 0 Å². The molecule has 0 spiro atoms. The molecule has 3 heterocycles. The minimum atomic E-state index is -0.313. The molecule has 0 amide bonds. The third kappa shape index (κ3) is 7.67. The lowest BCUT2D eigenvalue weighted by molar-refractivity contribution is 0.674. The second kappa shape index (κ2) is 18.1. The van der Waals surface area contributed by atoms with E-state index in [0.717, 1.165) is 56.2 Å². The summed E-state index contributed by atoms with van der Waals surface area (Å²) in [4.78, 5) is 10.1. The number of aromatic nitrogens is 2. The third-order valence-electron chi connectivity index (χ3n) is 14.5. The van der Waals surface area contributed by atoms with E-state index < -0.39 is 0 Å². The molecule has 0 aliphatic carbocycles. The van der Waals surface area contributed by atoms with E-state index in [-0.39, 0.29) is 6.17 Å². The zero-order chi connectivity index (χ0) is 49.0. The lowest BCUT2D eigenvalue weighted by Crippen LogP contribution is -2.33. The van der Waals surface area contributed by atoms with E-state index in [1.807, 2.05) is 36.4 Å². The summed E-state index contributed by atoms with van der Waals surface area (Å²) in [5.74, 6) is 1.52. The first-order valence-corrected chi connectivity index (χ1v) is 25.2. The summed E-state index contributed by atoms with van der Waals surface area (Å²) in [6.45, 7) is 0. The monoisotopic (exact) mass is 945 g/mol. The Labute approximate surface area is 429 Å². The summed E-state index contributed by atoms with van der Waals surface area (Å²) in [5, 5.41) is 8.56. The van der Waals surface area contributed by atoms with E-state index in [9.17, 15) is 0 Å². The Morgan fingerprint density at radius 2 is 0.689 bits per heavy atom. The van der Waals surface area contributed by atoms with Crippen LogP contribution in [0.4, 0.5) is 0 Å². The van der Waals surface area contributed by atoms with Gasteiger partial charge >= 0.3 is 0 Å². The van der Waals surface area contributed by atoms with E-state index in [1.165, 1.54) is 65.9 Å². The Bertz CT molecular complexity index is 4330. The van der Waals surface area contributed by atoms with Gasteiger partial charge in [-0.05, 0) is 123 Å². The van der Waals surface area contributed by atoms with Gasteiger partial charge in [-0.15, -0.1) is 0 Å². The smallest absolute Gasteiger partial charge is 0.159 e. The first-order valence-electron chi connectivity index (χ1n) is 25.2. The van der Waals surface area contributed by atoms with Crippen molar-refractivity contribution in [3.63, 3.8) is 0 Å². The summed E-state index contributed by atoms with van der Waals surface area (Å²) in [5.41, 5.74) is 19.4. The number of amidine groups is 2. The van der Waals surface area contributed by atoms with Crippen molar-refractivity contribution in [1.82, 2.24) is 14.5 Å². The van der Waals surface area contributed by atoms with Crippen molar-refractivity contribution in [1.29, 1.82) is 0 Å². The minimum Gasteiger partial charge on any atom is -0.344 e. The van der Waals surface area contributed by atoms with Gasteiger partial charge in [0.25, 0.3) is 0 Å². The van der Waals surface area contributed by atoms with E-state index in [0.29, 0.717) is 5.84 Å². The van der Waals surface area contributed by atoms with Gasteiger partial charge in [-0.3, -0.25) is 0 Å². The fourth-order valence-corrected chi connectivity index (χ4v) is 11.0. The van der Waals surface area contributed by atoms with Crippen molar-refractivity contribution >= 4 is 55.3 Å². The van der Waals surface area contributed by atoms with Crippen molar-refractivity contribution in [3.8, 4) is 55.9 Å². The lowest BCUT2D eigenvalue weighted by atomic mass is 9.97. The summed E-state index contributed by atoms with van der Waals surface area (Å²) in [7, 11) is 0. The molecule has 1 atom stereocenters. The van der Waals surface area contributed by atoms with E-state index in [4.69, 9.17) is 9.98 Å². The maximum atomic E-state index is 5.15. The highest BCUT2D eigenvalue weighted by Gasteiger charge is 2.22. The summed E-state index contributed by atoms with van der Waals surface area (Å²) < 4.78 is 4.82. The van der Waals surface area contributed by atoms with E-state index >= 15 is 0 Å². The highest BCUT2D eigenvalue weighted by molar-refractivity contribution is 6.14. The van der Waals surface area contributed by atoms with Crippen LogP contribution in [-0.4, -0.2) is 20.8 Å². The standard InChI is InChI=1S/C69H47N5/c1-4-18-46(19-5-1)52-27-16-30-57(42-52)73-63-34-12-10-32-59(63)61-44-54(36-38-65(61)73)55-37-39-66-62(45-55)60-33-11-13-35-64(60)74(66)58-31-17-28-53(43-58)50-25-14-24-49(40-50)51-26-15-29-56(41-51)69-71-67(47-20-6-2-7-21-47)70-68(72-69)48-22-8-3-9-23-48/h1-45,69H,(H,70,71,72). The molecule has 1 aliphatic rings. The summed E-state index contributed by atoms with van der Waals surface area (Å²) in [6.07, 6.45) is -0.313. The quantitative estimate of drug-likeness (QED) is 0.154. The van der Waals surface area contributed by atoms with Crippen LogP contribution in [0, 0.1) is 0 Å². The summed E-state index contributed by atoms with van der Waals surface area (Å²) >= 11 is 0. The molecule has 14 rings (SSSR count). The van der Waals surface area contributed by atoms with E-state index in [1.54, 1.807) is 0 Å². The Morgan fingerprint density at radius 3 is 1.26 bits per heavy atom. The topological polar surface area (TPSA) is 46.6 Å². The molecular weight excluding hydrogens is 899 g/mol. The molecule has 0 bridgehead atoms. The first-order chi connectivity index (χ1) is 36.7. The third-order valence-corrected chi connectivity index (χ3v) is 14.5. The second-order valence-electron chi connectivity index (χ2n) is 19.0. The van der Waals surface area contributed by atoms with Gasteiger partial charge in [0.05, 0.1) is 22.1 Å².